The Kier molecular flexibility index (Phi) is 5.44. The van der Waals surface area contributed by atoms with Crippen molar-refractivity contribution >= 4 is 29.2 Å². The Balaban J connectivity index is 2.04. The minimum atomic E-state index is -0.515. The Hall–Kier alpha value is -2.46. The van der Waals surface area contributed by atoms with Crippen LogP contribution in [0, 0.1) is 10.1 Å². The first-order valence-electron chi connectivity index (χ1n) is 6.25. The van der Waals surface area contributed by atoms with Gasteiger partial charge in [-0.15, -0.1) is 0 Å². The fourth-order valence-corrected chi connectivity index (χ4v) is 1.83. The van der Waals surface area contributed by atoms with E-state index in [9.17, 15) is 10.1 Å². The van der Waals surface area contributed by atoms with Crippen LogP contribution in [0.2, 0.25) is 0 Å². The van der Waals surface area contributed by atoms with Crippen LogP contribution in [0.15, 0.2) is 17.2 Å². The van der Waals surface area contributed by atoms with Gasteiger partial charge in [0.2, 0.25) is 6.79 Å². The van der Waals surface area contributed by atoms with Crippen LogP contribution in [-0.4, -0.2) is 43.3 Å². The number of nitro benzene ring substituents is 1. The van der Waals surface area contributed by atoms with Crippen molar-refractivity contribution in [1.29, 1.82) is 0 Å². The first-order chi connectivity index (χ1) is 10.6. The lowest BCUT2D eigenvalue weighted by Crippen LogP contribution is -2.34. The third-order valence-electron chi connectivity index (χ3n) is 2.68. The normalized spacial score (nSPS) is 12.4. The predicted octanol–water partition coefficient (Wildman–Crippen LogP) is 0.768. The summed E-state index contributed by atoms with van der Waals surface area (Å²) in [5.41, 5.74) is 2.71. The van der Waals surface area contributed by atoms with Gasteiger partial charge in [-0.2, -0.15) is 5.10 Å². The van der Waals surface area contributed by atoms with E-state index < -0.39 is 4.92 Å². The summed E-state index contributed by atoms with van der Waals surface area (Å²) in [4.78, 5) is 10.6. The molecule has 9 nitrogen and oxygen atoms in total. The Labute approximate surface area is 131 Å². The summed E-state index contributed by atoms with van der Waals surface area (Å²) in [6.45, 7) is 1.07. The van der Waals surface area contributed by atoms with Gasteiger partial charge in [-0.1, -0.05) is 0 Å². The highest BCUT2D eigenvalue weighted by Crippen LogP contribution is 2.37. The summed E-state index contributed by atoms with van der Waals surface area (Å²) >= 11 is 4.98. The molecule has 0 fully saturated rings. The summed E-state index contributed by atoms with van der Waals surface area (Å²) in [7, 11) is 1.58. The second kappa shape index (κ2) is 7.52. The fraction of sp³-hybridized carbons (Fsp3) is 0.333. The predicted molar refractivity (Wildman–Crippen MR) is 82.4 cm³/mol. The van der Waals surface area contributed by atoms with Crippen LogP contribution >= 0.6 is 12.2 Å². The Morgan fingerprint density at radius 3 is 2.95 bits per heavy atom. The Morgan fingerprint density at radius 2 is 2.27 bits per heavy atom. The second-order valence-electron chi connectivity index (χ2n) is 4.14. The molecule has 1 aliphatic rings. The van der Waals surface area contributed by atoms with Crippen LogP contribution in [0.4, 0.5) is 5.69 Å². The number of methoxy groups -OCH3 is 1. The van der Waals surface area contributed by atoms with Gasteiger partial charge >= 0.3 is 0 Å². The molecule has 10 heteroatoms. The molecule has 1 aromatic rings. The molecule has 0 amide bonds. The van der Waals surface area contributed by atoms with E-state index in [1.807, 2.05) is 0 Å². The van der Waals surface area contributed by atoms with Crippen molar-refractivity contribution in [3.05, 3.63) is 27.8 Å². The summed E-state index contributed by atoms with van der Waals surface area (Å²) in [5, 5.41) is 18.1. The number of nitrogens with zero attached hydrogens (tertiary/aromatic N) is 2. The molecular weight excluding hydrogens is 312 g/mol. The minimum Gasteiger partial charge on any atom is -0.454 e. The molecule has 22 heavy (non-hydrogen) atoms. The van der Waals surface area contributed by atoms with Gasteiger partial charge in [-0.25, -0.2) is 0 Å². The standard InChI is InChI=1S/C12H14N4O5S/c1-19-3-2-13-12(22)15-14-6-8-4-10-11(21-7-20-10)5-9(8)16(17)18/h4-6H,2-3,7H2,1H3,(H2,13,15,22)/b14-6-. The first kappa shape index (κ1) is 15.9. The molecule has 0 aromatic heterocycles. The second-order valence-corrected chi connectivity index (χ2v) is 4.55. The zero-order valence-electron chi connectivity index (χ0n) is 11.7. The highest BCUT2D eigenvalue weighted by molar-refractivity contribution is 7.80. The molecule has 118 valence electrons. The van der Waals surface area contributed by atoms with E-state index in [0.717, 1.165) is 0 Å². The number of nitrogens with one attached hydrogen (secondary N) is 2. The molecule has 2 rings (SSSR count). The van der Waals surface area contributed by atoms with Crippen LogP contribution in [0.1, 0.15) is 5.56 Å². The molecule has 0 saturated carbocycles. The maximum Gasteiger partial charge on any atom is 0.282 e. The van der Waals surface area contributed by atoms with Crippen LogP contribution in [0.3, 0.4) is 0 Å². The van der Waals surface area contributed by atoms with Gasteiger partial charge in [-0.3, -0.25) is 15.5 Å². The van der Waals surface area contributed by atoms with Crippen LogP contribution in [0.5, 0.6) is 11.5 Å². The molecule has 0 saturated heterocycles. The maximum absolute atomic E-state index is 11.1. The molecular formula is C12H14N4O5S. The van der Waals surface area contributed by atoms with E-state index in [1.54, 1.807) is 7.11 Å². The summed E-state index contributed by atoms with van der Waals surface area (Å²) in [6.07, 6.45) is 1.30. The zero-order chi connectivity index (χ0) is 15.9. The largest absolute Gasteiger partial charge is 0.454 e. The topological polar surface area (TPSA) is 107 Å². The highest BCUT2D eigenvalue weighted by atomic mass is 32.1. The smallest absolute Gasteiger partial charge is 0.282 e. The highest BCUT2D eigenvalue weighted by Gasteiger charge is 2.22. The van der Waals surface area contributed by atoms with Crippen molar-refractivity contribution in [1.82, 2.24) is 10.7 Å². The van der Waals surface area contributed by atoms with Crippen molar-refractivity contribution in [2.45, 2.75) is 0 Å². The summed E-state index contributed by atoms with van der Waals surface area (Å²) in [5.74, 6) is 0.779. The number of hydrogen-bond acceptors (Lipinski definition) is 7. The number of rotatable bonds is 6. The van der Waals surface area contributed by atoms with Crippen molar-refractivity contribution in [3.8, 4) is 11.5 Å². The van der Waals surface area contributed by atoms with Crippen LogP contribution in [0.25, 0.3) is 0 Å². The first-order valence-corrected chi connectivity index (χ1v) is 6.66. The number of fused-ring (bicyclic) bond motifs is 1. The van der Waals surface area contributed by atoms with Crippen molar-refractivity contribution < 1.29 is 19.1 Å². The fourth-order valence-electron chi connectivity index (χ4n) is 1.68. The molecule has 0 radical (unpaired) electrons. The summed E-state index contributed by atoms with van der Waals surface area (Å²) in [6, 6.07) is 2.80. The third-order valence-corrected chi connectivity index (χ3v) is 2.92. The lowest BCUT2D eigenvalue weighted by molar-refractivity contribution is -0.385. The number of ether oxygens (including phenoxy) is 3. The zero-order valence-corrected chi connectivity index (χ0v) is 12.5. The van der Waals surface area contributed by atoms with Gasteiger partial charge < -0.3 is 19.5 Å². The van der Waals surface area contributed by atoms with Crippen LogP contribution in [-0.2, 0) is 4.74 Å². The number of nitro groups is 1. The monoisotopic (exact) mass is 326 g/mol. The Bertz CT molecular complexity index is 607. The number of thiocarbonyl (C=S) groups is 1. The van der Waals surface area contributed by atoms with Crippen LogP contribution < -0.4 is 20.2 Å². The lowest BCUT2D eigenvalue weighted by atomic mass is 10.1. The minimum absolute atomic E-state index is 0.0405. The van der Waals surface area contributed by atoms with Crippen molar-refractivity contribution in [2.24, 2.45) is 5.10 Å². The van der Waals surface area contributed by atoms with Gasteiger partial charge in [0.1, 0.15) is 0 Å². The lowest BCUT2D eigenvalue weighted by Gasteiger charge is -2.05. The molecule has 0 unspecified atom stereocenters. The quantitative estimate of drug-likeness (QED) is 0.259. The number of hydrogen-bond donors (Lipinski definition) is 2. The molecule has 0 aliphatic carbocycles. The van der Waals surface area contributed by atoms with Crippen molar-refractivity contribution in [2.75, 3.05) is 27.1 Å². The number of benzene rings is 1. The third kappa shape index (κ3) is 4.02. The molecule has 1 aliphatic heterocycles. The van der Waals surface area contributed by atoms with E-state index in [-0.39, 0.29) is 23.2 Å². The molecule has 1 heterocycles. The van der Waals surface area contributed by atoms with Gasteiger partial charge in [0.25, 0.3) is 5.69 Å². The van der Waals surface area contributed by atoms with E-state index in [2.05, 4.69) is 15.8 Å². The average molecular weight is 326 g/mol. The van der Waals surface area contributed by atoms with E-state index in [0.29, 0.717) is 24.7 Å². The van der Waals surface area contributed by atoms with Gasteiger partial charge in [0.05, 0.1) is 29.4 Å². The van der Waals surface area contributed by atoms with Gasteiger partial charge in [0, 0.05) is 13.7 Å². The molecule has 0 spiro atoms. The van der Waals surface area contributed by atoms with Crippen molar-refractivity contribution in [3.63, 3.8) is 0 Å². The molecule has 0 atom stereocenters. The SMILES string of the molecule is COCCNC(=S)N/N=C\c1cc2c(cc1[N+](=O)[O-])OCO2. The van der Waals surface area contributed by atoms with E-state index in [4.69, 9.17) is 26.4 Å². The maximum atomic E-state index is 11.1. The Morgan fingerprint density at radius 1 is 1.55 bits per heavy atom. The van der Waals surface area contributed by atoms with E-state index in [1.165, 1.54) is 18.3 Å². The van der Waals surface area contributed by atoms with Gasteiger partial charge in [0.15, 0.2) is 16.6 Å². The summed E-state index contributed by atoms with van der Waals surface area (Å²) < 4.78 is 15.2. The van der Waals surface area contributed by atoms with E-state index >= 15 is 0 Å². The number of hydrazone groups is 1. The average Bonchev–Trinajstić information content (AvgIpc) is 2.93. The molecule has 1 aromatic carbocycles. The van der Waals surface area contributed by atoms with Gasteiger partial charge in [-0.05, 0) is 18.3 Å². The molecule has 2 N–H and O–H groups in total. The molecule has 0 bridgehead atoms.